The van der Waals surface area contributed by atoms with Gasteiger partial charge in [0.2, 0.25) is 0 Å². The van der Waals surface area contributed by atoms with Gasteiger partial charge in [-0.3, -0.25) is 15.5 Å². The van der Waals surface area contributed by atoms with Crippen molar-refractivity contribution in [3.05, 3.63) is 60.2 Å². The van der Waals surface area contributed by atoms with Crippen molar-refractivity contribution in [2.45, 2.75) is 0 Å². The van der Waals surface area contributed by atoms with Gasteiger partial charge < -0.3 is 10.1 Å². The molecule has 0 atom stereocenters. The van der Waals surface area contributed by atoms with Gasteiger partial charge in [0.25, 0.3) is 5.91 Å². The molecule has 2 amide bonds. The number of nitrogens with one attached hydrogen (secondary N) is 3. The Morgan fingerprint density at radius 3 is 2.26 bits per heavy atom. The SMILES string of the molecule is NNC(=O)c1ccc(NC(=S)NC(=O)Oc2ccccc2)cc1. The third-order valence-electron chi connectivity index (χ3n) is 2.71. The molecule has 0 aliphatic carbocycles. The van der Waals surface area contributed by atoms with E-state index in [1.807, 2.05) is 11.5 Å². The third-order valence-corrected chi connectivity index (χ3v) is 2.91. The second-order valence-electron chi connectivity index (χ2n) is 4.33. The first kappa shape index (κ1) is 16.4. The minimum absolute atomic E-state index is 0.0713. The summed E-state index contributed by atoms with van der Waals surface area (Å²) in [5.41, 5.74) is 3.04. The topological polar surface area (TPSA) is 105 Å². The largest absolute Gasteiger partial charge is 0.418 e. The summed E-state index contributed by atoms with van der Waals surface area (Å²) in [6.45, 7) is 0. The normalized spacial score (nSPS) is 9.61. The van der Waals surface area contributed by atoms with Crippen LogP contribution in [0.2, 0.25) is 0 Å². The van der Waals surface area contributed by atoms with Crippen LogP contribution in [0.3, 0.4) is 0 Å². The maximum absolute atomic E-state index is 11.7. The fourth-order valence-corrected chi connectivity index (χ4v) is 1.87. The molecule has 2 aromatic carbocycles. The molecule has 0 unspecified atom stereocenters. The average molecular weight is 330 g/mol. The van der Waals surface area contributed by atoms with E-state index in [2.05, 4.69) is 10.6 Å². The molecule has 23 heavy (non-hydrogen) atoms. The Labute approximate surface area is 137 Å². The number of hydrogen-bond donors (Lipinski definition) is 4. The number of nitrogen functional groups attached to an aromatic ring is 1. The van der Waals surface area contributed by atoms with Gasteiger partial charge in [-0.05, 0) is 48.6 Å². The molecule has 0 aliphatic heterocycles. The van der Waals surface area contributed by atoms with Crippen LogP contribution in [0.4, 0.5) is 10.5 Å². The highest BCUT2D eigenvalue weighted by molar-refractivity contribution is 7.80. The van der Waals surface area contributed by atoms with Gasteiger partial charge in [-0.15, -0.1) is 0 Å². The maximum Gasteiger partial charge on any atom is 0.418 e. The lowest BCUT2D eigenvalue weighted by atomic mass is 10.2. The van der Waals surface area contributed by atoms with Gasteiger partial charge >= 0.3 is 6.09 Å². The van der Waals surface area contributed by atoms with Gasteiger partial charge in [0, 0.05) is 11.3 Å². The molecule has 2 rings (SSSR count). The smallest absolute Gasteiger partial charge is 0.410 e. The van der Waals surface area contributed by atoms with Gasteiger partial charge in [0.1, 0.15) is 5.75 Å². The molecule has 0 heterocycles. The Bertz CT molecular complexity index is 704. The lowest BCUT2D eigenvalue weighted by Gasteiger charge is -2.10. The van der Waals surface area contributed by atoms with Crippen molar-refractivity contribution in [3.63, 3.8) is 0 Å². The van der Waals surface area contributed by atoms with E-state index in [1.54, 1.807) is 48.5 Å². The van der Waals surface area contributed by atoms with Crippen molar-refractivity contribution >= 4 is 35.0 Å². The van der Waals surface area contributed by atoms with E-state index in [0.717, 1.165) is 0 Å². The standard InChI is InChI=1S/C15H14N4O3S/c16-19-13(20)10-6-8-11(9-7-10)17-14(23)18-15(21)22-12-4-2-1-3-5-12/h1-9H,16H2,(H,19,20)(H2,17,18,21,23). The van der Waals surface area contributed by atoms with E-state index >= 15 is 0 Å². The Kier molecular flexibility index (Phi) is 5.61. The van der Waals surface area contributed by atoms with Crippen molar-refractivity contribution in [2.24, 2.45) is 5.84 Å². The van der Waals surface area contributed by atoms with Crippen LogP contribution in [0.15, 0.2) is 54.6 Å². The number of para-hydroxylation sites is 1. The Balaban J connectivity index is 1.87. The summed E-state index contributed by atoms with van der Waals surface area (Å²) in [5.74, 6) is 5.05. The number of ether oxygens (including phenoxy) is 1. The molecule has 2 aromatic rings. The molecule has 0 aromatic heterocycles. The van der Waals surface area contributed by atoms with E-state index in [-0.39, 0.29) is 5.11 Å². The van der Waals surface area contributed by atoms with E-state index < -0.39 is 12.0 Å². The van der Waals surface area contributed by atoms with Gasteiger partial charge in [0.05, 0.1) is 0 Å². The fraction of sp³-hybridized carbons (Fsp3) is 0. The number of anilines is 1. The minimum Gasteiger partial charge on any atom is -0.410 e. The Morgan fingerprint density at radius 2 is 1.65 bits per heavy atom. The number of amides is 2. The molecular weight excluding hydrogens is 316 g/mol. The lowest BCUT2D eigenvalue weighted by molar-refractivity contribution is 0.0953. The average Bonchev–Trinajstić information content (AvgIpc) is 2.55. The maximum atomic E-state index is 11.7. The second kappa shape index (κ2) is 7.87. The minimum atomic E-state index is -0.701. The first-order valence-corrected chi connectivity index (χ1v) is 6.95. The highest BCUT2D eigenvalue weighted by atomic mass is 32.1. The summed E-state index contributed by atoms with van der Waals surface area (Å²) >= 11 is 5.01. The first-order valence-electron chi connectivity index (χ1n) is 6.54. The van der Waals surface area contributed by atoms with Crippen molar-refractivity contribution in [1.29, 1.82) is 0 Å². The van der Waals surface area contributed by atoms with Crippen LogP contribution in [0, 0.1) is 0 Å². The summed E-state index contributed by atoms with van der Waals surface area (Å²) < 4.78 is 5.04. The summed E-state index contributed by atoms with van der Waals surface area (Å²) in [5, 5.41) is 5.26. The molecule has 0 saturated carbocycles. The van der Waals surface area contributed by atoms with Crippen LogP contribution in [0.5, 0.6) is 5.75 Å². The Morgan fingerprint density at radius 1 is 1.00 bits per heavy atom. The van der Waals surface area contributed by atoms with Crippen molar-refractivity contribution in [3.8, 4) is 5.75 Å². The van der Waals surface area contributed by atoms with Crippen LogP contribution in [0.1, 0.15) is 10.4 Å². The second-order valence-corrected chi connectivity index (χ2v) is 4.74. The number of carbonyl (C=O) groups is 2. The van der Waals surface area contributed by atoms with E-state index in [4.69, 9.17) is 22.8 Å². The van der Waals surface area contributed by atoms with Crippen LogP contribution in [0.25, 0.3) is 0 Å². The molecule has 0 fully saturated rings. The molecule has 0 aliphatic rings. The highest BCUT2D eigenvalue weighted by Crippen LogP contribution is 2.10. The number of benzene rings is 2. The number of rotatable bonds is 3. The molecule has 0 saturated heterocycles. The summed E-state index contributed by atoms with van der Waals surface area (Å²) in [6.07, 6.45) is -0.701. The predicted octanol–water partition coefficient (Wildman–Crippen LogP) is 1.78. The fourth-order valence-electron chi connectivity index (χ4n) is 1.66. The number of nitrogens with two attached hydrogens (primary N) is 1. The number of hydrogen-bond acceptors (Lipinski definition) is 5. The van der Waals surface area contributed by atoms with Crippen LogP contribution in [-0.2, 0) is 0 Å². The van der Waals surface area contributed by atoms with E-state index in [9.17, 15) is 9.59 Å². The predicted molar refractivity (Wildman–Crippen MR) is 89.9 cm³/mol. The van der Waals surface area contributed by atoms with Gasteiger partial charge in [-0.25, -0.2) is 10.6 Å². The van der Waals surface area contributed by atoms with E-state index in [0.29, 0.717) is 17.0 Å². The summed E-state index contributed by atoms with van der Waals surface area (Å²) in [6, 6.07) is 15.0. The third kappa shape index (κ3) is 5.06. The van der Waals surface area contributed by atoms with Crippen LogP contribution >= 0.6 is 12.2 Å². The molecule has 7 nitrogen and oxygen atoms in total. The van der Waals surface area contributed by atoms with Crippen molar-refractivity contribution in [1.82, 2.24) is 10.7 Å². The van der Waals surface area contributed by atoms with Crippen LogP contribution in [-0.4, -0.2) is 17.1 Å². The highest BCUT2D eigenvalue weighted by Gasteiger charge is 2.08. The van der Waals surface area contributed by atoms with Gasteiger partial charge in [-0.2, -0.15) is 0 Å². The first-order chi connectivity index (χ1) is 11.1. The van der Waals surface area contributed by atoms with Crippen LogP contribution < -0.4 is 26.6 Å². The molecular formula is C15H14N4O3S. The summed E-state index contributed by atoms with van der Waals surface area (Å²) in [7, 11) is 0. The van der Waals surface area contributed by atoms with E-state index in [1.165, 1.54) is 0 Å². The molecule has 5 N–H and O–H groups in total. The summed E-state index contributed by atoms with van der Waals surface area (Å²) in [4.78, 5) is 23.0. The zero-order valence-corrected chi connectivity index (χ0v) is 12.7. The lowest BCUT2D eigenvalue weighted by Crippen LogP contribution is -2.36. The molecule has 0 bridgehead atoms. The quantitative estimate of drug-likeness (QED) is 0.296. The molecule has 118 valence electrons. The number of hydrazine groups is 1. The monoisotopic (exact) mass is 330 g/mol. The van der Waals surface area contributed by atoms with Gasteiger partial charge in [-0.1, -0.05) is 18.2 Å². The zero-order chi connectivity index (χ0) is 16.7. The molecule has 0 radical (unpaired) electrons. The number of carbonyl (C=O) groups excluding carboxylic acids is 2. The molecule has 8 heteroatoms. The number of thiocarbonyl (C=S) groups is 1. The van der Waals surface area contributed by atoms with Gasteiger partial charge in [0.15, 0.2) is 5.11 Å². The Hall–Kier alpha value is -2.97. The van der Waals surface area contributed by atoms with Crippen molar-refractivity contribution < 1.29 is 14.3 Å². The zero-order valence-electron chi connectivity index (χ0n) is 11.9. The molecule has 0 spiro atoms. The van der Waals surface area contributed by atoms with Crippen molar-refractivity contribution in [2.75, 3.05) is 5.32 Å².